The zero-order valence-corrected chi connectivity index (χ0v) is 10.6. The fourth-order valence-electron chi connectivity index (χ4n) is 2.55. The van der Waals surface area contributed by atoms with Crippen molar-refractivity contribution in [2.75, 3.05) is 6.54 Å². The molecular formula is C14H17N3O. The fraction of sp³-hybridized carbons (Fsp3) is 0.500. The van der Waals surface area contributed by atoms with Crippen LogP contribution in [-0.2, 0) is 11.3 Å². The van der Waals surface area contributed by atoms with Crippen molar-refractivity contribution in [2.45, 2.75) is 38.8 Å². The lowest BCUT2D eigenvalue weighted by Gasteiger charge is -2.23. The van der Waals surface area contributed by atoms with Crippen LogP contribution in [0, 0.1) is 11.3 Å². The molecule has 1 aliphatic heterocycles. The average Bonchev–Trinajstić information content (AvgIpc) is 2.76. The lowest BCUT2D eigenvalue weighted by Crippen LogP contribution is -2.30. The van der Waals surface area contributed by atoms with Crippen LogP contribution in [-0.4, -0.2) is 28.3 Å². The van der Waals surface area contributed by atoms with E-state index in [1.165, 1.54) is 0 Å². The Morgan fingerprint density at radius 3 is 3.22 bits per heavy atom. The number of carbonyl (C=O) groups is 1. The van der Waals surface area contributed by atoms with Gasteiger partial charge in [0.25, 0.3) is 0 Å². The van der Waals surface area contributed by atoms with Crippen molar-refractivity contribution >= 4 is 5.78 Å². The number of carbonyl (C=O) groups excluding carboxylic acids is 1. The van der Waals surface area contributed by atoms with Gasteiger partial charge in [-0.1, -0.05) is 6.07 Å². The number of nitrogens with zero attached hydrogens (tertiary/aromatic N) is 3. The molecule has 0 aliphatic carbocycles. The summed E-state index contributed by atoms with van der Waals surface area (Å²) in [6.45, 7) is 3.35. The molecular weight excluding hydrogens is 226 g/mol. The van der Waals surface area contributed by atoms with Crippen LogP contribution < -0.4 is 0 Å². The molecule has 94 valence electrons. The van der Waals surface area contributed by atoms with Crippen LogP contribution in [0.5, 0.6) is 0 Å². The molecule has 1 fully saturated rings. The third kappa shape index (κ3) is 2.93. The summed E-state index contributed by atoms with van der Waals surface area (Å²) in [5.74, 6) is 0.235. The van der Waals surface area contributed by atoms with Crippen molar-refractivity contribution in [3.05, 3.63) is 29.6 Å². The maximum absolute atomic E-state index is 11.2. The summed E-state index contributed by atoms with van der Waals surface area (Å²) in [5, 5.41) is 9.02. The molecule has 0 N–H and O–H groups in total. The van der Waals surface area contributed by atoms with Gasteiger partial charge in [-0.25, -0.2) is 4.98 Å². The number of ketones is 1. The van der Waals surface area contributed by atoms with Crippen molar-refractivity contribution in [3.8, 4) is 6.07 Å². The Bertz CT molecular complexity index is 478. The topological polar surface area (TPSA) is 57.0 Å². The molecule has 4 heteroatoms. The number of nitriles is 1. The predicted octanol–water partition coefficient (Wildman–Crippen LogP) is 1.90. The molecule has 18 heavy (non-hydrogen) atoms. The summed E-state index contributed by atoms with van der Waals surface area (Å²) in [7, 11) is 0. The second kappa shape index (κ2) is 5.74. The average molecular weight is 243 g/mol. The number of hydrogen-bond acceptors (Lipinski definition) is 4. The van der Waals surface area contributed by atoms with Gasteiger partial charge in [0.1, 0.15) is 17.5 Å². The van der Waals surface area contributed by atoms with Gasteiger partial charge >= 0.3 is 0 Å². The van der Waals surface area contributed by atoms with Gasteiger partial charge in [-0.05, 0) is 32.4 Å². The quantitative estimate of drug-likeness (QED) is 0.810. The number of rotatable bonds is 4. The molecule has 2 heterocycles. The summed E-state index contributed by atoms with van der Waals surface area (Å²) < 4.78 is 0. The first kappa shape index (κ1) is 12.7. The maximum atomic E-state index is 11.2. The summed E-state index contributed by atoms with van der Waals surface area (Å²) in [4.78, 5) is 17.6. The minimum atomic E-state index is 0.235. The molecule has 4 nitrogen and oxygen atoms in total. The molecule has 0 bridgehead atoms. The van der Waals surface area contributed by atoms with Gasteiger partial charge < -0.3 is 0 Å². The molecule has 1 aromatic rings. The minimum absolute atomic E-state index is 0.235. The number of pyridine rings is 1. The van der Waals surface area contributed by atoms with Crippen LogP contribution in [0.2, 0.25) is 0 Å². The van der Waals surface area contributed by atoms with Gasteiger partial charge in [0, 0.05) is 30.8 Å². The zero-order valence-electron chi connectivity index (χ0n) is 10.6. The van der Waals surface area contributed by atoms with E-state index >= 15 is 0 Å². The Kier molecular flexibility index (Phi) is 4.06. The summed E-state index contributed by atoms with van der Waals surface area (Å²) in [6, 6.07) is 6.24. The Labute approximate surface area is 107 Å². The molecule has 0 radical (unpaired) electrons. The van der Waals surface area contributed by atoms with Crippen LogP contribution in [0.25, 0.3) is 0 Å². The zero-order chi connectivity index (χ0) is 13.0. The van der Waals surface area contributed by atoms with E-state index < -0.39 is 0 Å². The van der Waals surface area contributed by atoms with E-state index in [1.807, 2.05) is 12.1 Å². The van der Waals surface area contributed by atoms with Crippen LogP contribution in [0.15, 0.2) is 18.3 Å². The Morgan fingerprint density at radius 1 is 1.67 bits per heavy atom. The van der Waals surface area contributed by atoms with Gasteiger partial charge in [0.05, 0.1) is 0 Å². The highest BCUT2D eigenvalue weighted by atomic mass is 16.1. The molecule has 1 aliphatic rings. The Hall–Kier alpha value is -1.73. The number of aromatic nitrogens is 1. The van der Waals surface area contributed by atoms with Crippen LogP contribution in [0.4, 0.5) is 0 Å². The normalized spacial score (nSPS) is 19.7. The minimum Gasteiger partial charge on any atom is -0.300 e. The highest BCUT2D eigenvalue weighted by Gasteiger charge is 2.26. The van der Waals surface area contributed by atoms with Gasteiger partial charge in [-0.2, -0.15) is 5.26 Å². The molecule has 0 spiro atoms. The van der Waals surface area contributed by atoms with Crippen molar-refractivity contribution in [1.82, 2.24) is 9.88 Å². The second-order valence-corrected chi connectivity index (χ2v) is 4.80. The van der Waals surface area contributed by atoms with E-state index in [4.69, 9.17) is 5.26 Å². The molecule has 2 rings (SSSR count). The smallest absolute Gasteiger partial charge is 0.144 e. The molecule has 0 amide bonds. The maximum Gasteiger partial charge on any atom is 0.144 e. The van der Waals surface area contributed by atoms with E-state index in [2.05, 4.69) is 16.0 Å². The van der Waals surface area contributed by atoms with E-state index in [1.54, 1.807) is 13.1 Å². The molecule has 0 aromatic carbocycles. The monoisotopic (exact) mass is 243 g/mol. The van der Waals surface area contributed by atoms with E-state index in [9.17, 15) is 4.79 Å². The second-order valence-electron chi connectivity index (χ2n) is 4.80. The number of likely N-dealkylation sites (tertiary alicyclic amines) is 1. The van der Waals surface area contributed by atoms with E-state index in [-0.39, 0.29) is 5.78 Å². The first-order valence-electron chi connectivity index (χ1n) is 6.28. The summed E-state index contributed by atoms with van der Waals surface area (Å²) in [6.07, 6.45) is 4.45. The van der Waals surface area contributed by atoms with Crippen molar-refractivity contribution in [2.24, 2.45) is 0 Å². The van der Waals surface area contributed by atoms with Gasteiger partial charge in [-0.3, -0.25) is 9.69 Å². The molecule has 0 saturated carbocycles. The molecule has 1 aromatic heterocycles. The van der Waals surface area contributed by atoms with Crippen LogP contribution in [0.3, 0.4) is 0 Å². The Morgan fingerprint density at radius 2 is 2.50 bits per heavy atom. The molecule has 1 saturated heterocycles. The first-order chi connectivity index (χ1) is 8.70. The lowest BCUT2D eigenvalue weighted by atomic mass is 10.1. The summed E-state index contributed by atoms with van der Waals surface area (Å²) in [5.41, 5.74) is 1.45. The summed E-state index contributed by atoms with van der Waals surface area (Å²) >= 11 is 0. The highest BCUT2D eigenvalue weighted by Crippen LogP contribution is 2.23. The SMILES string of the molecule is CC(=O)CC1CCCN1Cc1cccnc1C#N. The van der Waals surface area contributed by atoms with Gasteiger partial charge in [0.2, 0.25) is 0 Å². The first-order valence-corrected chi connectivity index (χ1v) is 6.28. The van der Waals surface area contributed by atoms with Gasteiger partial charge in [0.15, 0.2) is 0 Å². The third-order valence-electron chi connectivity index (χ3n) is 3.39. The standard InChI is InChI=1S/C14H17N3O/c1-11(18)8-13-5-3-7-17(13)10-12-4-2-6-16-14(12)9-15/h2,4,6,13H,3,5,7-8,10H2,1H3. The highest BCUT2D eigenvalue weighted by molar-refractivity contribution is 5.76. The van der Waals surface area contributed by atoms with Gasteiger partial charge in [-0.15, -0.1) is 0 Å². The molecule has 1 unspecified atom stereocenters. The largest absolute Gasteiger partial charge is 0.300 e. The van der Waals surface area contributed by atoms with Crippen molar-refractivity contribution in [1.29, 1.82) is 5.26 Å². The predicted molar refractivity (Wildman–Crippen MR) is 67.7 cm³/mol. The Balaban J connectivity index is 2.08. The van der Waals surface area contributed by atoms with Crippen molar-refractivity contribution < 1.29 is 4.79 Å². The van der Waals surface area contributed by atoms with Crippen LogP contribution in [0.1, 0.15) is 37.4 Å². The van der Waals surface area contributed by atoms with Crippen LogP contribution >= 0.6 is 0 Å². The molecule has 1 atom stereocenters. The van der Waals surface area contributed by atoms with E-state index in [0.717, 1.165) is 24.9 Å². The number of Topliss-reactive ketones (excluding diaryl/α,β-unsaturated/α-hetero) is 1. The fourth-order valence-corrected chi connectivity index (χ4v) is 2.55. The van der Waals surface area contributed by atoms with Crippen molar-refractivity contribution in [3.63, 3.8) is 0 Å². The lowest BCUT2D eigenvalue weighted by molar-refractivity contribution is -0.118. The number of hydrogen-bond donors (Lipinski definition) is 0. The van der Waals surface area contributed by atoms with E-state index in [0.29, 0.717) is 24.7 Å². The third-order valence-corrected chi connectivity index (χ3v) is 3.39.